The lowest BCUT2D eigenvalue weighted by Crippen LogP contribution is -2.39. The number of nitrogens with zero attached hydrogens (tertiary/aromatic N) is 2. The van der Waals surface area contributed by atoms with Gasteiger partial charge in [0.05, 0.1) is 26.4 Å². The predicted octanol–water partition coefficient (Wildman–Crippen LogP) is 2.92. The SMILES string of the molecule is CCOc1ccc(NC(=NCCN2CCOCC2)NC(=O)c2cccc(C)c2)cc1. The van der Waals surface area contributed by atoms with E-state index in [0.29, 0.717) is 24.7 Å². The molecule has 0 saturated carbocycles. The highest BCUT2D eigenvalue weighted by molar-refractivity contribution is 6.10. The fourth-order valence-electron chi connectivity index (χ4n) is 3.14. The molecule has 1 aliphatic heterocycles. The van der Waals surface area contributed by atoms with E-state index in [2.05, 4.69) is 20.5 Å². The smallest absolute Gasteiger partial charge is 0.257 e. The lowest BCUT2D eigenvalue weighted by atomic mass is 10.1. The van der Waals surface area contributed by atoms with Gasteiger partial charge in [0.2, 0.25) is 5.96 Å². The van der Waals surface area contributed by atoms with Crippen LogP contribution in [0.5, 0.6) is 5.75 Å². The van der Waals surface area contributed by atoms with Crippen LogP contribution in [-0.4, -0.2) is 62.8 Å². The summed E-state index contributed by atoms with van der Waals surface area (Å²) >= 11 is 0. The summed E-state index contributed by atoms with van der Waals surface area (Å²) in [7, 11) is 0. The van der Waals surface area contributed by atoms with Crippen LogP contribution in [-0.2, 0) is 4.74 Å². The zero-order valence-electron chi connectivity index (χ0n) is 17.7. The first-order chi connectivity index (χ1) is 14.6. The van der Waals surface area contributed by atoms with Gasteiger partial charge in [-0.25, -0.2) is 0 Å². The van der Waals surface area contributed by atoms with Crippen molar-refractivity contribution >= 4 is 17.6 Å². The third-order valence-corrected chi connectivity index (χ3v) is 4.73. The molecular formula is C23H30N4O3. The van der Waals surface area contributed by atoms with Gasteiger partial charge in [-0.3, -0.25) is 20.0 Å². The van der Waals surface area contributed by atoms with Crippen LogP contribution in [0.4, 0.5) is 5.69 Å². The van der Waals surface area contributed by atoms with Gasteiger partial charge in [-0.2, -0.15) is 0 Å². The number of hydrogen-bond donors (Lipinski definition) is 2. The molecular weight excluding hydrogens is 380 g/mol. The monoisotopic (exact) mass is 410 g/mol. The van der Waals surface area contributed by atoms with Crippen molar-refractivity contribution in [3.63, 3.8) is 0 Å². The van der Waals surface area contributed by atoms with E-state index in [4.69, 9.17) is 9.47 Å². The van der Waals surface area contributed by atoms with Crippen molar-refractivity contribution in [2.24, 2.45) is 4.99 Å². The van der Waals surface area contributed by atoms with E-state index >= 15 is 0 Å². The number of rotatable bonds is 7. The summed E-state index contributed by atoms with van der Waals surface area (Å²) in [6.07, 6.45) is 0. The molecule has 1 fully saturated rings. The van der Waals surface area contributed by atoms with E-state index in [9.17, 15) is 4.79 Å². The van der Waals surface area contributed by atoms with Crippen LogP contribution in [0.15, 0.2) is 53.5 Å². The van der Waals surface area contributed by atoms with Crippen molar-refractivity contribution in [2.75, 3.05) is 51.3 Å². The molecule has 2 aromatic rings. The Hall–Kier alpha value is -2.90. The minimum absolute atomic E-state index is 0.192. The fraction of sp³-hybridized carbons (Fsp3) is 0.391. The molecule has 0 aliphatic carbocycles. The van der Waals surface area contributed by atoms with Crippen LogP contribution < -0.4 is 15.4 Å². The number of anilines is 1. The van der Waals surface area contributed by atoms with Gasteiger partial charge in [0, 0.05) is 30.9 Å². The molecule has 1 aliphatic rings. The summed E-state index contributed by atoms with van der Waals surface area (Å²) in [6.45, 7) is 9.26. The van der Waals surface area contributed by atoms with E-state index < -0.39 is 0 Å². The Labute approximate surface area is 178 Å². The third kappa shape index (κ3) is 6.86. The van der Waals surface area contributed by atoms with Gasteiger partial charge in [-0.15, -0.1) is 0 Å². The van der Waals surface area contributed by atoms with Crippen LogP contribution in [0.2, 0.25) is 0 Å². The van der Waals surface area contributed by atoms with Crippen molar-refractivity contribution in [1.29, 1.82) is 0 Å². The van der Waals surface area contributed by atoms with Gasteiger partial charge in [-0.05, 0) is 50.2 Å². The van der Waals surface area contributed by atoms with Crippen LogP contribution >= 0.6 is 0 Å². The minimum atomic E-state index is -0.192. The number of aliphatic imine (C=N–C) groups is 1. The maximum Gasteiger partial charge on any atom is 0.257 e. The van der Waals surface area contributed by atoms with Crippen LogP contribution in [0.1, 0.15) is 22.8 Å². The van der Waals surface area contributed by atoms with Crippen molar-refractivity contribution in [3.05, 3.63) is 59.7 Å². The zero-order chi connectivity index (χ0) is 21.2. The van der Waals surface area contributed by atoms with Crippen molar-refractivity contribution in [2.45, 2.75) is 13.8 Å². The van der Waals surface area contributed by atoms with E-state index in [0.717, 1.165) is 49.8 Å². The number of benzene rings is 2. The number of carbonyl (C=O) groups excluding carboxylic acids is 1. The molecule has 160 valence electrons. The topological polar surface area (TPSA) is 75.2 Å². The highest BCUT2D eigenvalue weighted by Gasteiger charge is 2.12. The second-order valence-electron chi connectivity index (χ2n) is 7.09. The minimum Gasteiger partial charge on any atom is -0.494 e. The summed E-state index contributed by atoms with van der Waals surface area (Å²) in [5, 5.41) is 6.13. The highest BCUT2D eigenvalue weighted by atomic mass is 16.5. The number of aryl methyl sites for hydroxylation is 1. The van der Waals surface area contributed by atoms with E-state index in [1.165, 1.54) is 0 Å². The molecule has 0 radical (unpaired) electrons. The fourth-order valence-corrected chi connectivity index (χ4v) is 3.14. The Morgan fingerprint density at radius 2 is 1.93 bits per heavy atom. The van der Waals surface area contributed by atoms with Gasteiger partial charge >= 0.3 is 0 Å². The zero-order valence-corrected chi connectivity index (χ0v) is 17.7. The molecule has 0 spiro atoms. The molecule has 7 nitrogen and oxygen atoms in total. The predicted molar refractivity (Wildman–Crippen MR) is 119 cm³/mol. The van der Waals surface area contributed by atoms with E-state index in [-0.39, 0.29) is 5.91 Å². The average Bonchev–Trinajstić information content (AvgIpc) is 2.76. The van der Waals surface area contributed by atoms with Crippen molar-refractivity contribution in [1.82, 2.24) is 10.2 Å². The quantitative estimate of drug-likeness (QED) is 0.542. The van der Waals surface area contributed by atoms with Crippen LogP contribution in [0.25, 0.3) is 0 Å². The second-order valence-corrected chi connectivity index (χ2v) is 7.09. The first-order valence-corrected chi connectivity index (χ1v) is 10.4. The highest BCUT2D eigenvalue weighted by Crippen LogP contribution is 2.15. The molecule has 0 bridgehead atoms. The van der Waals surface area contributed by atoms with Crippen molar-refractivity contribution < 1.29 is 14.3 Å². The normalized spacial score (nSPS) is 14.9. The van der Waals surface area contributed by atoms with Gasteiger partial charge in [0.15, 0.2) is 0 Å². The molecule has 3 rings (SSSR count). The van der Waals surface area contributed by atoms with Crippen molar-refractivity contribution in [3.8, 4) is 5.75 Å². The Balaban J connectivity index is 1.68. The van der Waals surface area contributed by atoms with E-state index in [1.807, 2.05) is 56.3 Å². The number of amides is 1. The number of carbonyl (C=O) groups is 1. The number of ether oxygens (including phenoxy) is 2. The molecule has 1 saturated heterocycles. The summed E-state index contributed by atoms with van der Waals surface area (Å²) in [6, 6.07) is 15.1. The Morgan fingerprint density at radius 3 is 2.63 bits per heavy atom. The molecule has 7 heteroatoms. The van der Waals surface area contributed by atoms with Gasteiger partial charge in [0.1, 0.15) is 5.75 Å². The van der Waals surface area contributed by atoms with Gasteiger partial charge < -0.3 is 14.8 Å². The molecule has 0 unspecified atom stereocenters. The summed E-state index contributed by atoms with van der Waals surface area (Å²) < 4.78 is 10.9. The second kappa shape index (κ2) is 11.3. The molecule has 0 aromatic heterocycles. The Kier molecular flexibility index (Phi) is 8.23. The maximum absolute atomic E-state index is 12.7. The first kappa shape index (κ1) is 21.8. The Bertz CT molecular complexity index is 846. The summed E-state index contributed by atoms with van der Waals surface area (Å²) in [5.74, 6) is 1.04. The number of nitrogens with one attached hydrogen (secondary N) is 2. The molecule has 30 heavy (non-hydrogen) atoms. The third-order valence-electron chi connectivity index (χ3n) is 4.73. The van der Waals surface area contributed by atoms with Crippen LogP contribution in [0.3, 0.4) is 0 Å². The standard InChI is InChI=1S/C23H30N4O3/c1-3-30-21-9-7-20(8-10-21)25-23(24-11-12-27-13-15-29-16-14-27)26-22(28)19-6-4-5-18(2)17-19/h4-10,17H,3,11-16H2,1-2H3,(H2,24,25,26,28). The number of hydrogen-bond acceptors (Lipinski definition) is 5. The lowest BCUT2D eigenvalue weighted by Gasteiger charge is -2.25. The molecule has 0 atom stereocenters. The van der Waals surface area contributed by atoms with E-state index in [1.54, 1.807) is 6.07 Å². The van der Waals surface area contributed by atoms with Gasteiger partial charge in [-0.1, -0.05) is 17.7 Å². The number of morpholine rings is 1. The first-order valence-electron chi connectivity index (χ1n) is 10.4. The summed E-state index contributed by atoms with van der Waals surface area (Å²) in [4.78, 5) is 19.7. The Morgan fingerprint density at radius 1 is 1.17 bits per heavy atom. The molecule has 2 N–H and O–H groups in total. The van der Waals surface area contributed by atoms with Crippen LogP contribution in [0, 0.1) is 6.92 Å². The molecule has 1 amide bonds. The van der Waals surface area contributed by atoms with Gasteiger partial charge in [0.25, 0.3) is 5.91 Å². The maximum atomic E-state index is 12.7. The number of guanidine groups is 1. The average molecular weight is 411 g/mol. The molecule has 2 aromatic carbocycles. The molecule has 1 heterocycles. The lowest BCUT2D eigenvalue weighted by molar-refractivity contribution is 0.0394. The largest absolute Gasteiger partial charge is 0.494 e. The summed E-state index contributed by atoms with van der Waals surface area (Å²) in [5.41, 5.74) is 2.46.